The van der Waals surface area contributed by atoms with Gasteiger partial charge in [-0.25, -0.2) is 4.79 Å². The van der Waals surface area contributed by atoms with Crippen LogP contribution in [-0.4, -0.2) is 22.9 Å². The fraction of sp³-hybridized carbons (Fsp3) is 0.133. The lowest BCUT2D eigenvalue weighted by Crippen LogP contribution is -2.47. The molecule has 0 bridgehead atoms. The summed E-state index contributed by atoms with van der Waals surface area (Å²) in [6, 6.07) is 9.57. The van der Waals surface area contributed by atoms with Crippen molar-refractivity contribution < 1.29 is 18.8 Å². The van der Waals surface area contributed by atoms with Gasteiger partial charge in [0, 0.05) is 0 Å². The van der Waals surface area contributed by atoms with Gasteiger partial charge in [-0.2, -0.15) is 5.01 Å². The van der Waals surface area contributed by atoms with E-state index >= 15 is 0 Å². The molecule has 0 unspecified atom stereocenters. The lowest BCUT2D eigenvalue weighted by atomic mass is 9.92. The van der Waals surface area contributed by atoms with E-state index in [1.807, 2.05) is 6.07 Å². The highest BCUT2D eigenvalue weighted by Crippen LogP contribution is 2.27. The fourth-order valence-corrected chi connectivity index (χ4v) is 2.27. The molecule has 0 saturated carbocycles. The van der Waals surface area contributed by atoms with Crippen LogP contribution in [0.25, 0.3) is 0 Å². The molecule has 0 aliphatic carbocycles. The van der Waals surface area contributed by atoms with Gasteiger partial charge in [0.2, 0.25) is 0 Å². The number of urea groups is 1. The molecule has 1 aromatic carbocycles. The van der Waals surface area contributed by atoms with Crippen molar-refractivity contribution in [3.8, 4) is 0 Å². The zero-order valence-electron chi connectivity index (χ0n) is 11.7. The molecule has 1 saturated heterocycles. The highest BCUT2D eigenvalue weighted by Gasteiger charge is 2.50. The van der Waals surface area contributed by atoms with Crippen LogP contribution in [0.5, 0.6) is 0 Å². The molecule has 7 nitrogen and oxygen atoms in total. The number of furan rings is 1. The van der Waals surface area contributed by atoms with Gasteiger partial charge < -0.3 is 9.73 Å². The van der Waals surface area contributed by atoms with E-state index in [0.29, 0.717) is 10.6 Å². The largest absolute Gasteiger partial charge is 0.472 e. The molecule has 2 N–H and O–H groups in total. The van der Waals surface area contributed by atoms with Gasteiger partial charge in [-0.3, -0.25) is 15.0 Å². The van der Waals surface area contributed by atoms with E-state index in [2.05, 4.69) is 10.7 Å². The van der Waals surface area contributed by atoms with Crippen LogP contribution in [0, 0.1) is 0 Å². The molecule has 7 heteroatoms. The predicted molar refractivity (Wildman–Crippen MR) is 75.3 cm³/mol. The van der Waals surface area contributed by atoms with E-state index < -0.39 is 23.4 Å². The lowest BCUT2D eigenvalue weighted by Gasteiger charge is -2.21. The molecular formula is C15H13N3O4. The number of carbonyl (C=O) groups excluding carboxylic acids is 3. The van der Waals surface area contributed by atoms with E-state index in [4.69, 9.17) is 4.42 Å². The molecular weight excluding hydrogens is 286 g/mol. The Morgan fingerprint density at radius 2 is 1.95 bits per heavy atom. The van der Waals surface area contributed by atoms with E-state index in [9.17, 15) is 14.4 Å². The number of amides is 4. The van der Waals surface area contributed by atoms with E-state index in [-0.39, 0.29) is 5.56 Å². The molecule has 1 aliphatic rings. The maximum absolute atomic E-state index is 12.5. The zero-order valence-corrected chi connectivity index (χ0v) is 11.7. The second-order valence-electron chi connectivity index (χ2n) is 5.01. The van der Waals surface area contributed by atoms with Crippen molar-refractivity contribution in [2.75, 3.05) is 0 Å². The Labute approximate surface area is 125 Å². The normalized spacial score (nSPS) is 20.9. The Balaban J connectivity index is 1.84. The summed E-state index contributed by atoms with van der Waals surface area (Å²) < 4.78 is 4.80. The van der Waals surface area contributed by atoms with Gasteiger partial charge in [0.1, 0.15) is 11.8 Å². The molecule has 1 fully saturated rings. The Hall–Kier alpha value is -3.09. The molecule has 0 radical (unpaired) electrons. The van der Waals surface area contributed by atoms with Crippen LogP contribution in [0.2, 0.25) is 0 Å². The first-order chi connectivity index (χ1) is 10.5. The van der Waals surface area contributed by atoms with Crippen LogP contribution in [0.1, 0.15) is 22.8 Å². The molecule has 22 heavy (non-hydrogen) atoms. The van der Waals surface area contributed by atoms with Crippen LogP contribution in [0.4, 0.5) is 4.79 Å². The fourth-order valence-electron chi connectivity index (χ4n) is 2.27. The van der Waals surface area contributed by atoms with Crippen molar-refractivity contribution in [1.82, 2.24) is 15.8 Å². The molecule has 112 valence electrons. The first-order valence-corrected chi connectivity index (χ1v) is 6.58. The summed E-state index contributed by atoms with van der Waals surface area (Å²) in [5.41, 5.74) is 1.91. The maximum atomic E-state index is 12.5. The molecule has 0 spiro atoms. The van der Waals surface area contributed by atoms with Crippen molar-refractivity contribution in [2.45, 2.75) is 12.5 Å². The van der Waals surface area contributed by atoms with Gasteiger partial charge in [-0.1, -0.05) is 30.3 Å². The average molecular weight is 299 g/mol. The first-order valence-electron chi connectivity index (χ1n) is 6.58. The summed E-state index contributed by atoms with van der Waals surface area (Å²) in [6.07, 6.45) is 2.55. The number of carbonyl (C=O) groups is 3. The summed E-state index contributed by atoms with van der Waals surface area (Å²) in [6.45, 7) is 1.59. The monoisotopic (exact) mass is 299 g/mol. The molecule has 2 heterocycles. The minimum atomic E-state index is -1.22. The third kappa shape index (κ3) is 2.12. The molecule has 2 aromatic rings. The van der Waals surface area contributed by atoms with Gasteiger partial charge in [-0.15, -0.1) is 0 Å². The van der Waals surface area contributed by atoms with E-state index in [1.54, 1.807) is 31.2 Å². The van der Waals surface area contributed by atoms with E-state index in [1.165, 1.54) is 18.6 Å². The van der Waals surface area contributed by atoms with Crippen molar-refractivity contribution in [1.29, 1.82) is 0 Å². The summed E-state index contributed by atoms with van der Waals surface area (Å²) >= 11 is 0. The van der Waals surface area contributed by atoms with Crippen LogP contribution < -0.4 is 10.7 Å². The highest BCUT2D eigenvalue weighted by molar-refractivity contribution is 6.09. The SMILES string of the molecule is C[C@@]1(c2ccccc2)NC(=O)N(NC(=O)c2ccoc2)C1=O. The first kappa shape index (κ1) is 13.9. The number of nitrogens with zero attached hydrogens (tertiary/aromatic N) is 1. The zero-order chi connectivity index (χ0) is 15.7. The number of rotatable bonds is 3. The number of hydrogen-bond acceptors (Lipinski definition) is 4. The average Bonchev–Trinajstić information content (AvgIpc) is 3.12. The second-order valence-corrected chi connectivity index (χ2v) is 5.01. The molecule has 1 atom stereocenters. The number of nitrogens with one attached hydrogen (secondary N) is 2. The van der Waals surface area contributed by atoms with Gasteiger partial charge in [0.25, 0.3) is 11.8 Å². The Kier molecular flexibility index (Phi) is 3.17. The Morgan fingerprint density at radius 3 is 2.59 bits per heavy atom. The number of imide groups is 1. The van der Waals surface area contributed by atoms with Crippen molar-refractivity contribution >= 4 is 17.8 Å². The van der Waals surface area contributed by atoms with Crippen molar-refractivity contribution in [2.24, 2.45) is 0 Å². The molecule has 1 aliphatic heterocycles. The predicted octanol–water partition coefficient (Wildman–Crippen LogP) is 1.39. The van der Waals surface area contributed by atoms with Gasteiger partial charge in [-0.05, 0) is 18.6 Å². The summed E-state index contributed by atoms with van der Waals surface area (Å²) in [5, 5.41) is 3.28. The topological polar surface area (TPSA) is 91.7 Å². The third-order valence-electron chi connectivity index (χ3n) is 3.54. The summed E-state index contributed by atoms with van der Waals surface area (Å²) in [4.78, 5) is 36.5. The third-order valence-corrected chi connectivity index (χ3v) is 3.54. The number of hydrogen-bond donors (Lipinski definition) is 2. The highest BCUT2D eigenvalue weighted by atomic mass is 16.3. The lowest BCUT2D eigenvalue weighted by molar-refractivity contribution is -0.132. The van der Waals surface area contributed by atoms with Crippen LogP contribution in [0.15, 0.2) is 53.3 Å². The quantitative estimate of drug-likeness (QED) is 0.838. The molecule has 4 amide bonds. The van der Waals surface area contributed by atoms with Crippen LogP contribution >= 0.6 is 0 Å². The minimum Gasteiger partial charge on any atom is -0.472 e. The standard InChI is InChI=1S/C15H13N3O4/c1-15(11-5-3-2-4-6-11)13(20)18(14(21)16-15)17-12(19)10-7-8-22-9-10/h2-9H,1H3,(H,16,21)(H,17,19)/t15-/m0/s1. The summed E-state index contributed by atoms with van der Waals surface area (Å²) in [5.74, 6) is -1.16. The van der Waals surface area contributed by atoms with E-state index in [0.717, 1.165) is 0 Å². The Morgan fingerprint density at radius 1 is 1.23 bits per heavy atom. The minimum absolute atomic E-state index is 0.217. The number of benzene rings is 1. The number of hydrazine groups is 1. The molecule has 1 aromatic heterocycles. The second kappa shape index (κ2) is 5.03. The van der Waals surface area contributed by atoms with Crippen LogP contribution in [-0.2, 0) is 10.3 Å². The van der Waals surface area contributed by atoms with Crippen molar-refractivity contribution in [3.05, 3.63) is 60.1 Å². The summed E-state index contributed by atoms with van der Waals surface area (Å²) in [7, 11) is 0. The van der Waals surface area contributed by atoms with Gasteiger partial charge in [0.15, 0.2) is 0 Å². The van der Waals surface area contributed by atoms with Gasteiger partial charge >= 0.3 is 6.03 Å². The maximum Gasteiger partial charge on any atom is 0.344 e. The smallest absolute Gasteiger partial charge is 0.344 e. The van der Waals surface area contributed by atoms with Gasteiger partial charge in [0.05, 0.1) is 11.8 Å². The van der Waals surface area contributed by atoms with Crippen LogP contribution in [0.3, 0.4) is 0 Å². The van der Waals surface area contributed by atoms with Crippen molar-refractivity contribution in [3.63, 3.8) is 0 Å². The molecule has 3 rings (SSSR count). The Bertz CT molecular complexity index is 727.